The molecule has 0 aromatic carbocycles. The molecule has 2 atom stereocenters. The molecule has 0 bridgehead atoms. The van der Waals surface area contributed by atoms with E-state index in [9.17, 15) is 4.79 Å². The normalized spacial score (nSPS) is 33.7. The Hall–Kier alpha value is -0.650. The fraction of sp³-hybridized carbons (Fsp3) is 0.923. The summed E-state index contributed by atoms with van der Waals surface area (Å²) in [6, 6.07) is 0. The Bertz CT molecular complexity index is 292. The summed E-state index contributed by atoms with van der Waals surface area (Å²) in [4.78, 5) is 11.4. The largest absolute Gasteiger partial charge is 0.381 e. The maximum Gasteiger partial charge on any atom is 0.237 e. The van der Waals surface area contributed by atoms with Gasteiger partial charge in [-0.05, 0) is 38.0 Å². The quantitative estimate of drug-likeness (QED) is 0.752. The van der Waals surface area contributed by atoms with Crippen LogP contribution in [0.25, 0.3) is 0 Å². The highest BCUT2D eigenvalue weighted by atomic mass is 16.5. The molecule has 18 heavy (non-hydrogen) atoms. The zero-order valence-electron chi connectivity index (χ0n) is 10.9. The Morgan fingerprint density at radius 3 is 2.72 bits per heavy atom. The molecule has 1 saturated carbocycles. The van der Waals surface area contributed by atoms with Gasteiger partial charge in [0.25, 0.3) is 0 Å². The third-order valence-electron chi connectivity index (χ3n) is 4.32. The summed E-state index contributed by atoms with van der Waals surface area (Å²) >= 11 is 0. The second kappa shape index (κ2) is 5.99. The Balaban J connectivity index is 1.74. The molecule has 2 unspecified atom stereocenters. The Morgan fingerprint density at radius 2 is 2.06 bits per heavy atom. The summed E-state index contributed by atoms with van der Waals surface area (Å²) in [6.45, 7) is 2.24. The van der Waals surface area contributed by atoms with Crippen molar-refractivity contribution in [2.75, 3.05) is 19.8 Å². The van der Waals surface area contributed by atoms with Crippen molar-refractivity contribution in [2.24, 2.45) is 17.4 Å². The number of carbonyl (C=O) groups excluding carboxylic acids is 1. The maximum atomic E-state index is 11.4. The van der Waals surface area contributed by atoms with Crippen LogP contribution in [0.4, 0.5) is 0 Å². The van der Waals surface area contributed by atoms with Crippen molar-refractivity contribution in [3.8, 4) is 0 Å². The highest BCUT2D eigenvalue weighted by Gasteiger charge is 2.43. The van der Waals surface area contributed by atoms with Gasteiger partial charge < -0.3 is 20.9 Å². The van der Waals surface area contributed by atoms with Crippen molar-refractivity contribution in [1.29, 1.82) is 0 Å². The van der Waals surface area contributed by atoms with Crippen LogP contribution in [0.3, 0.4) is 0 Å². The number of nitrogens with two attached hydrogens (primary N) is 2. The number of carbonyl (C=O) groups is 1. The number of ether oxygens (including phenoxy) is 2. The van der Waals surface area contributed by atoms with E-state index >= 15 is 0 Å². The van der Waals surface area contributed by atoms with Gasteiger partial charge in [0.1, 0.15) is 0 Å². The molecule has 1 aliphatic heterocycles. The fourth-order valence-electron chi connectivity index (χ4n) is 3.05. The van der Waals surface area contributed by atoms with Crippen molar-refractivity contribution in [3.63, 3.8) is 0 Å². The SMILES string of the molecule is NC(=O)C1(N)CCCC1CCOC1CCOCC1. The van der Waals surface area contributed by atoms with Gasteiger partial charge in [0.2, 0.25) is 5.91 Å². The zero-order valence-corrected chi connectivity index (χ0v) is 10.9. The molecule has 2 aliphatic rings. The van der Waals surface area contributed by atoms with Gasteiger partial charge in [0.05, 0.1) is 11.6 Å². The summed E-state index contributed by atoms with van der Waals surface area (Å²) in [7, 11) is 0. The van der Waals surface area contributed by atoms with E-state index in [1.165, 1.54) is 0 Å². The van der Waals surface area contributed by atoms with Crippen LogP contribution in [-0.4, -0.2) is 37.4 Å². The van der Waals surface area contributed by atoms with Crippen LogP contribution in [0.1, 0.15) is 38.5 Å². The molecule has 1 amide bonds. The molecule has 5 nitrogen and oxygen atoms in total. The van der Waals surface area contributed by atoms with E-state index in [1.807, 2.05) is 0 Å². The van der Waals surface area contributed by atoms with Crippen molar-refractivity contribution in [2.45, 2.75) is 50.2 Å². The topological polar surface area (TPSA) is 87.6 Å². The minimum absolute atomic E-state index is 0.176. The van der Waals surface area contributed by atoms with E-state index in [0.29, 0.717) is 19.1 Å². The average Bonchev–Trinajstić information content (AvgIpc) is 2.74. The molecule has 2 fully saturated rings. The Morgan fingerprint density at radius 1 is 1.33 bits per heavy atom. The van der Waals surface area contributed by atoms with Crippen molar-refractivity contribution < 1.29 is 14.3 Å². The minimum atomic E-state index is -0.807. The molecule has 104 valence electrons. The third-order valence-corrected chi connectivity index (χ3v) is 4.32. The minimum Gasteiger partial charge on any atom is -0.381 e. The van der Waals surface area contributed by atoms with E-state index < -0.39 is 5.54 Å². The molecule has 2 rings (SSSR count). The summed E-state index contributed by atoms with van der Waals surface area (Å²) in [6.07, 6.45) is 5.75. The first-order valence-electron chi connectivity index (χ1n) is 6.91. The van der Waals surface area contributed by atoms with Crippen LogP contribution in [-0.2, 0) is 14.3 Å². The van der Waals surface area contributed by atoms with Gasteiger partial charge in [-0.1, -0.05) is 6.42 Å². The van der Waals surface area contributed by atoms with Crippen LogP contribution in [0.2, 0.25) is 0 Å². The van der Waals surface area contributed by atoms with Crippen LogP contribution in [0, 0.1) is 5.92 Å². The highest BCUT2D eigenvalue weighted by Crippen LogP contribution is 2.36. The maximum absolute atomic E-state index is 11.4. The van der Waals surface area contributed by atoms with Gasteiger partial charge in [0, 0.05) is 19.8 Å². The molecule has 0 aromatic heterocycles. The first-order valence-corrected chi connectivity index (χ1v) is 6.91. The van der Waals surface area contributed by atoms with E-state index in [0.717, 1.165) is 45.3 Å². The Kier molecular flexibility index (Phi) is 4.59. The van der Waals surface area contributed by atoms with Crippen molar-refractivity contribution in [1.82, 2.24) is 0 Å². The first kappa shape index (κ1) is 13.8. The summed E-state index contributed by atoms with van der Waals surface area (Å²) in [5.41, 5.74) is 10.7. The van der Waals surface area contributed by atoms with Gasteiger partial charge in [-0.25, -0.2) is 0 Å². The molecule has 0 spiro atoms. The van der Waals surface area contributed by atoms with Crippen molar-refractivity contribution in [3.05, 3.63) is 0 Å². The molecular weight excluding hydrogens is 232 g/mol. The van der Waals surface area contributed by atoms with Crippen LogP contribution >= 0.6 is 0 Å². The lowest BCUT2D eigenvalue weighted by Crippen LogP contribution is -2.54. The summed E-state index contributed by atoms with van der Waals surface area (Å²) in [5.74, 6) is -0.189. The zero-order chi connectivity index (χ0) is 13.0. The molecular formula is C13H24N2O3. The van der Waals surface area contributed by atoms with Crippen LogP contribution in [0.5, 0.6) is 0 Å². The van der Waals surface area contributed by atoms with Crippen LogP contribution in [0.15, 0.2) is 0 Å². The average molecular weight is 256 g/mol. The van der Waals surface area contributed by atoms with Gasteiger partial charge in [-0.3, -0.25) is 4.79 Å². The van der Waals surface area contributed by atoms with E-state index in [2.05, 4.69) is 0 Å². The number of hydrogen-bond donors (Lipinski definition) is 2. The first-order chi connectivity index (χ1) is 8.63. The molecule has 5 heteroatoms. The summed E-state index contributed by atoms with van der Waals surface area (Å²) < 4.78 is 11.1. The molecule has 0 aromatic rings. The summed E-state index contributed by atoms with van der Waals surface area (Å²) in [5, 5.41) is 0. The Labute approximate surface area is 108 Å². The van der Waals surface area contributed by atoms with Crippen molar-refractivity contribution >= 4 is 5.91 Å². The van der Waals surface area contributed by atoms with Gasteiger partial charge in [-0.15, -0.1) is 0 Å². The van der Waals surface area contributed by atoms with Gasteiger partial charge in [0.15, 0.2) is 0 Å². The second-order valence-electron chi connectivity index (χ2n) is 5.46. The highest BCUT2D eigenvalue weighted by molar-refractivity contribution is 5.85. The van der Waals surface area contributed by atoms with Crippen LogP contribution < -0.4 is 11.5 Å². The monoisotopic (exact) mass is 256 g/mol. The van der Waals surface area contributed by atoms with E-state index in [1.54, 1.807) is 0 Å². The lowest BCUT2D eigenvalue weighted by Gasteiger charge is -2.29. The predicted octanol–water partition coefficient (Wildman–Crippen LogP) is 0.555. The molecule has 1 aliphatic carbocycles. The van der Waals surface area contributed by atoms with Gasteiger partial charge >= 0.3 is 0 Å². The van der Waals surface area contributed by atoms with E-state index in [-0.39, 0.29) is 11.8 Å². The third kappa shape index (κ3) is 3.02. The number of rotatable bonds is 5. The van der Waals surface area contributed by atoms with Gasteiger partial charge in [-0.2, -0.15) is 0 Å². The number of amides is 1. The number of hydrogen-bond acceptors (Lipinski definition) is 4. The smallest absolute Gasteiger partial charge is 0.237 e. The molecule has 0 radical (unpaired) electrons. The standard InChI is InChI=1S/C13H24N2O3/c14-12(16)13(15)6-1-2-10(13)3-9-18-11-4-7-17-8-5-11/h10-11H,1-9,15H2,(H2,14,16). The molecule has 1 heterocycles. The second-order valence-corrected chi connectivity index (χ2v) is 5.46. The lowest BCUT2D eigenvalue weighted by molar-refractivity contribution is -0.124. The van der Waals surface area contributed by atoms with E-state index in [4.69, 9.17) is 20.9 Å². The predicted molar refractivity (Wildman–Crippen MR) is 67.9 cm³/mol. The molecule has 1 saturated heterocycles. The number of primary amides is 1. The lowest BCUT2D eigenvalue weighted by atomic mass is 9.85. The fourth-order valence-corrected chi connectivity index (χ4v) is 3.05. The molecule has 4 N–H and O–H groups in total.